The van der Waals surface area contributed by atoms with Crippen molar-refractivity contribution in [2.24, 2.45) is 11.8 Å². The average Bonchev–Trinajstić information content (AvgIpc) is 3.46. The molecule has 0 unspecified atom stereocenters. The number of methoxy groups -OCH3 is 1. The molecule has 4 atom stereocenters. The SMILES string of the molecule is COC(=O)[C@H](C[C@@H]1CCNC1=O)NC(=O)[C@H](CC(C)C)NC(=O)[C@H](Cc1cccc2ccccc12)NC(=O)OCc1ccccc1. The van der Waals surface area contributed by atoms with Crippen molar-refractivity contribution in [2.45, 2.75) is 64.3 Å². The fourth-order valence-electron chi connectivity index (χ4n) is 5.57. The molecule has 1 aliphatic heterocycles. The van der Waals surface area contributed by atoms with E-state index in [1.54, 1.807) is 0 Å². The molecule has 1 fully saturated rings. The van der Waals surface area contributed by atoms with Crippen molar-refractivity contribution in [1.29, 1.82) is 0 Å². The monoisotopic (exact) mass is 630 g/mol. The van der Waals surface area contributed by atoms with E-state index < -0.39 is 47.9 Å². The van der Waals surface area contributed by atoms with Crippen molar-refractivity contribution in [3.05, 3.63) is 83.9 Å². The molecule has 11 heteroatoms. The Balaban J connectivity index is 1.53. The predicted octanol–water partition coefficient (Wildman–Crippen LogP) is 3.39. The molecule has 11 nitrogen and oxygen atoms in total. The van der Waals surface area contributed by atoms with Crippen molar-refractivity contribution >= 4 is 40.6 Å². The van der Waals surface area contributed by atoms with E-state index >= 15 is 0 Å². The van der Waals surface area contributed by atoms with Gasteiger partial charge in [-0.1, -0.05) is 86.6 Å². The Hall–Kier alpha value is -4.93. The van der Waals surface area contributed by atoms with Crippen molar-refractivity contribution in [3.63, 3.8) is 0 Å². The number of hydrogen-bond acceptors (Lipinski definition) is 7. The lowest BCUT2D eigenvalue weighted by Gasteiger charge is -2.26. The third kappa shape index (κ3) is 9.53. The second kappa shape index (κ2) is 16.4. The minimum Gasteiger partial charge on any atom is -0.467 e. The lowest BCUT2D eigenvalue weighted by Crippen LogP contribution is -2.56. The Bertz CT molecular complexity index is 1520. The zero-order valence-electron chi connectivity index (χ0n) is 26.4. The molecule has 4 N–H and O–H groups in total. The van der Waals surface area contributed by atoms with E-state index in [-0.39, 0.29) is 37.7 Å². The molecule has 3 aromatic carbocycles. The molecule has 0 bridgehead atoms. The fraction of sp³-hybridized carbons (Fsp3) is 0.400. The summed E-state index contributed by atoms with van der Waals surface area (Å²) in [5.41, 5.74) is 1.61. The van der Waals surface area contributed by atoms with Crippen LogP contribution in [0.25, 0.3) is 10.8 Å². The fourth-order valence-corrected chi connectivity index (χ4v) is 5.57. The first-order chi connectivity index (χ1) is 22.1. The zero-order chi connectivity index (χ0) is 33.1. The molecule has 4 amide bonds. The van der Waals surface area contributed by atoms with Gasteiger partial charge in [0.2, 0.25) is 17.7 Å². The number of carbonyl (C=O) groups excluding carboxylic acids is 5. The van der Waals surface area contributed by atoms with Gasteiger partial charge in [0.05, 0.1) is 7.11 Å². The van der Waals surface area contributed by atoms with Gasteiger partial charge in [0, 0.05) is 18.9 Å². The summed E-state index contributed by atoms with van der Waals surface area (Å²) in [5.74, 6) is -2.50. The highest BCUT2D eigenvalue weighted by Gasteiger charge is 2.34. The van der Waals surface area contributed by atoms with Crippen LogP contribution in [0.2, 0.25) is 0 Å². The molecular formula is C35H42N4O7. The standard InChI is InChI=1S/C35H42N4O7/c1-22(2)18-28(32(41)38-30(34(43)45-3)20-26-16-17-36-31(26)40)37-33(42)29(39-35(44)46-21-23-10-5-4-6-11-23)19-25-14-9-13-24-12-7-8-15-27(24)25/h4-15,22,26,28-30H,16-21H2,1-3H3,(H,36,40)(H,37,42)(H,38,41)(H,39,44)/t26-,28-,29-,30-/m0/s1. The summed E-state index contributed by atoms with van der Waals surface area (Å²) < 4.78 is 10.3. The lowest BCUT2D eigenvalue weighted by atomic mass is 9.96. The van der Waals surface area contributed by atoms with Crippen LogP contribution in [0.1, 0.15) is 44.2 Å². The Morgan fingerprint density at radius 3 is 2.22 bits per heavy atom. The normalized spacial score (nSPS) is 16.2. The van der Waals surface area contributed by atoms with Gasteiger partial charge in [0.25, 0.3) is 0 Å². The van der Waals surface area contributed by atoms with Crippen molar-refractivity contribution in [3.8, 4) is 0 Å². The summed E-state index contributed by atoms with van der Waals surface area (Å²) in [6, 6.07) is 19.4. The van der Waals surface area contributed by atoms with E-state index in [4.69, 9.17) is 9.47 Å². The molecule has 0 radical (unpaired) electrons. The largest absolute Gasteiger partial charge is 0.467 e. The van der Waals surface area contributed by atoms with E-state index in [2.05, 4.69) is 21.3 Å². The third-order valence-electron chi connectivity index (χ3n) is 7.95. The van der Waals surface area contributed by atoms with Crippen molar-refractivity contribution in [2.75, 3.05) is 13.7 Å². The molecule has 244 valence electrons. The first-order valence-corrected chi connectivity index (χ1v) is 15.5. The third-order valence-corrected chi connectivity index (χ3v) is 7.95. The number of nitrogens with one attached hydrogen (secondary N) is 4. The van der Waals surface area contributed by atoms with Crippen molar-refractivity contribution in [1.82, 2.24) is 21.3 Å². The second-order valence-corrected chi connectivity index (χ2v) is 11.9. The number of rotatable bonds is 14. The van der Waals surface area contributed by atoms with Gasteiger partial charge < -0.3 is 30.7 Å². The smallest absolute Gasteiger partial charge is 0.408 e. The summed E-state index contributed by atoms with van der Waals surface area (Å²) in [6.45, 7) is 4.32. The van der Waals surface area contributed by atoms with Crippen LogP contribution in [-0.2, 0) is 41.7 Å². The number of amides is 4. The minimum atomic E-state index is -1.09. The highest BCUT2D eigenvalue weighted by atomic mass is 16.5. The van der Waals surface area contributed by atoms with Crippen LogP contribution in [0.5, 0.6) is 0 Å². The minimum absolute atomic E-state index is 0.00597. The average molecular weight is 631 g/mol. The summed E-state index contributed by atoms with van der Waals surface area (Å²) in [6.07, 6.45) is 0.219. The van der Waals surface area contributed by atoms with Crippen LogP contribution >= 0.6 is 0 Å². The summed E-state index contributed by atoms with van der Waals surface area (Å²) in [5, 5.41) is 12.8. The maximum absolute atomic E-state index is 13.9. The molecule has 0 spiro atoms. The quantitative estimate of drug-likeness (QED) is 0.199. The Morgan fingerprint density at radius 2 is 1.52 bits per heavy atom. The van der Waals surface area contributed by atoms with E-state index in [0.29, 0.717) is 13.0 Å². The van der Waals surface area contributed by atoms with E-state index in [0.717, 1.165) is 21.9 Å². The van der Waals surface area contributed by atoms with Gasteiger partial charge in [-0.25, -0.2) is 9.59 Å². The van der Waals surface area contributed by atoms with Gasteiger partial charge in [-0.15, -0.1) is 0 Å². The molecule has 0 aromatic heterocycles. The maximum Gasteiger partial charge on any atom is 0.408 e. The summed E-state index contributed by atoms with van der Waals surface area (Å²) in [4.78, 5) is 65.2. The van der Waals surface area contributed by atoms with E-state index in [1.165, 1.54) is 7.11 Å². The van der Waals surface area contributed by atoms with Gasteiger partial charge >= 0.3 is 12.1 Å². The number of fused-ring (bicyclic) bond motifs is 1. The van der Waals surface area contributed by atoms with E-state index in [9.17, 15) is 24.0 Å². The summed E-state index contributed by atoms with van der Waals surface area (Å²) >= 11 is 0. The maximum atomic E-state index is 13.9. The first-order valence-electron chi connectivity index (χ1n) is 15.5. The highest BCUT2D eigenvalue weighted by Crippen LogP contribution is 2.21. The molecular weight excluding hydrogens is 588 g/mol. The predicted molar refractivity (Wildman–Crippen MR) is 172 cm³/mol. The van der Waals surface area contributed by atoms with Gasteiger partial charge in [-0.3, -0.25) is 14.4 Å². The Kier molecular flexibility index (Phi) is 12.1. The number of esters is 1. The summed E-state index contributed by atoms with van der Waals surface area (Å²) in [7, 11) is 1.21. The first kappa shape index (κ1) is 34.0. The number of hydrogen-bond donors (Lipinski definition) is 4. The number of ether oxygens (including phenoxy) is 2. The van der Waals surface area contributed by atoms with Crippen LogP contribution in [-0.4, -0.2) is 61.6 Å². The van der Waals surface area contributed by atoms with Crippen LogP contribution in [0.15, 0.2) is 72.8 Å². The number of carbonyl (C=O) groups is 5. The number of alkyl carbamates (subject to hydrolysis) is 1. The molecule has 4 rings (SSSR count). The second-order valence-electron chi connectivity index (χ2n) is 11.9. The van der Waals surface area contributed by atoms with E-state index in [1.807, 2.05) is 86.6 Å². The molecule has 0 saturated carbocycles. The molecule has 46 heavy (non-hydrogen) atoms. The van der Waals surface area contributed by atoms with Crippen LogP contribution < -0.4 is 21.3 Å². The van der Waals surface area contributed by atoms with Crippen LogP contribution in [0, 0.1) is 11.8 Å². The zero-order valence-corrected chi connectivity index (χ0v) is 26.4. The lowest BCUT2D eigenvalue weighted by molar-refractivity contribution is -0.146. The van der Waals surface area contributed by atoms with Crippen molar-refractivity contribution < 1.29 is 33.4 Å². The molecule has 1 aliphatic rings. The Morgan fingerprint density at radius 1 is 0.848 bits per heavy atom. The molecule has 1 heterocycles. The van der Waals surface area contributed by atoms with Gasteiger partial charge in [-0.2, -0.15) is 0 Å². The van der Waals surface area contributed by atoms with Gasteiger partial charge in [-0.05, 0) is 47.1 Å². The van der Waals surface area contributed by atoms with Crippen LogP contribution in [0.3, 0.4) is 0 Å². The van der Waals surface area contributed by atoms with Gasteiger partial charge in [0.15, 0.2) is 0 Å². The van der Waals surface area contributed by atoms with Crippen LogP contribution in [0.4, 0.5) is 4.79 Å². The molecule has 1 saturated heterocycles. The topological polar surface area (TPSA) is 152 Å². The number of benzene rings is 3. The van der Waals surface area contributed by atoms with Gasteiger partial charge in [0.1, 0.15) is 24.7 Å². The Labute approximate surface area is 268 Å². The highest BCUT2D eigenvalue weighted by molar-refractivity contribution is 5.94. The molecule has 0 aliphatic carbocycles. The molecule has 3 aromatic rings.